The fourth-order valence-electron chi connectivity index (χ4n) is 2.33. The number of hydrogen-bond acceptors (Lipinski definition) is 2. The van der Waals surface area contributed by atoms with Crippen LogP contribution in [-0.4, -0.2) is 9.78 Å². The largest absolute Gasteiger partial charge is 0.309 e. The molecule has 2 aromatic carbocycles. The lowest BCUT2D eigenvalue weighted by Gasteiger charge is -2.06. The van der Waals surface area contributed by atoms with Gasteiger partial charge < -0.3 is 5.32 Å². The molecule has 0 radical (unpaired) electrons. The quantitative estimate of drug-likeness (QED) is 0.775. The van der Waals surface area contributed by atoms with Crippen molar-refractivity contribution in [1.82, 2.24) is 15.1 Å². The molecule has 3 nitrogen and oxygen atoms in total. The first-order valence-corrected chi connectivity index (χ1v) is 7.14. The first-order valence-electron chi connectivity index (χ1n) is 7.14. The number of nitrogens with zero attached hydrogens (tertiary/aromatic N) is 2. The van der Waals surface area contributed by atoms with Crippen LogP contribution in [0, 0.1) is 0 Å². The molecule has 0 bridgehead atoms. The molecule has 0 unspecified atom stereocenters. The fourth-order valence-corrected chi connectivity index (χ4v) is 2.33. The van der Waals surface area contributed by atoms with Crippen LogP contribution < -0.4 is 5.32 Å². The molecule has 1 heterocycles. The van der Waals surface area contributed by atoms with E-state index in [-0.39, 0.29) is 0 Å². The molecule has 0 atom stereocenters. The number of aromatic nitrogens is 2. The molecule has 1 N–H and O–H groups in total. The van der Waals surface area contributed by atoms with Gasteiger partial charge in [-0.25, -0.2) is 0 Å². The summed E-state index contributed by atoms with van der Waals surface area (Å²) in [5.74, 6) is 0. The number of hydrogen-bond donors (Lipinski definition) is 1. The molecular formula is C18H19N3. The average Bonchev–Trinajstić information content (AvgIpc) is 2.96. The zero-order valence-corrected chi connectivity index (χ0v) is 12.2. The first kappa shape index (κ1) is 13.6. The van der Waals surface area contributed by atoms with Gasteiger partial charge in [-0.3, -0.25) is 4.68 Å². The SMILES string of the molecule is Cn1cc(-c2ccc(CNCc3ccccc3)cc2)cn1. The van der Waals surface area contributed by atoms with Crippen molar-refractivity contribution in [2.75, 3.05) is 0 Å². The standard InChI is InChI=1S/C18H19N3/c1-21-14-18(13-20-21)17-9-7-16(8-10-17)12-19-11-15-5-3-2-4-6-15/h2-10,13-14,19H,11-12H2,1H3. The van der Waals surface area contributed by atoms with Crippen LogP contribution in [0.5, 0.6) is 0 Å². The predicted octanol–water partition coefficient (Wildman–Crippen LogP) is 3.38. The Morgan fingerprint density at radius 2 is 1.52 bits per heavy atom. The van der Waals surface area contributed by atoms with Gasteiger partial charge in [0.2, 0.25) is 0 Å². The van der Waals surface area contributed by atoms with Crippen molar-refractivity contribution in [3.63, 3.8) is 0 Å². The summed E-state index contributed by atoms with van der Waals surface area (Å²) in [6.07, 6.45) is 3.92. The van der Waals surface area contributed by atoms with Crippen molar-refractivity contribution >= 4 is 0 Å². The molecular weight excluding hydrogens is 258 g/mol. The van der Waals surface area contributed by atoms with Gasteiger partial charge in [-0.15, -0.1) is 0 Å². The smallest absolute Gasteiger partial charge is 0.0568 e. The maximum absolute atomic E-state index is 4.20. The Balaban J connectivity index is 1.57. The van der Waals surface area contributed by atoms with E-state index < -0.39 is 0 Å². The monoisotopic (exact) mass is 277 g/mol. The Morgan fingerprint density at radius 1 is 0.857 bits per heavy atom. The summed E-state index contributed by atoms with van der Waals surface area (Å²) in [6, 6.07) is 19.1. The van der Waals surface area contributed by atoms with Crippen LogP contribution in [-0.2, 0) is 20.1 Å². The lowest BCUT2D eigenvalue weighted by atomic mass is 10.1. The topological polar surface area (TPSA) is 29.9 Å². The van der Waals surface area contributed by atoms with Crippen LogP contribution in [0.3, 0.4) is 0 Å². The number of aryl methyl sites for hydroxylation is 1. The summed E-state index contributed by atoms with van der Waals surface area (Å²) < 4.78 is 1.82. The van der Waals surface area contributed by atoms with Gasteiger partial charge in [0.25, 0.3) is 0 Å². The molecule has 0 saturated heterocycles. The van der Waals surface area contributed by atoms with Crippen LogP contribution in [0.25, 0.3) is 11.1 Å². The molecule has 0 saturated carbocycles. The summed E-state index contributed by atoms with van der Waals surface area (Å²) in [5.41, 5.74) is 4.96. The minimum absolute atomic E-state index is 0.877. The Kier molecular flexibility index (Phi) is 4.12. The van der Waals surface area contributed by atoms with E-state index in [2.05, 4.69) is 58.9 Å². The van der Waals surface area contributed by atoms with Crippen molar-refractivity contribution in [2.45, 2.75) is 13.1 Å². The number of benzene rings is 2. The van der Waals surface area contributed by atoms with Gasteiger partial charge in [0.05, 0.1) is 6.20 Å². The third kappa shape index (κ3) is 3.58. The Bertz CT molecular complexity index is 684. The van der Waals surface area contributed by atoms with Gasteiger partial charge >= 0.3 is 0 Å². The van der Waals surface area contributed by atoms with E-state index in [1.54, 1.807) is 0 Å². The molecule has 0 fully saturated rings. The minimum atomic E-state index is 0.877. The third-order valence-electron chi connectivity index (χ3n) is 3.49. The molecule has 0 spiro atoms. The second-order valence-corrected chi connectivity index (χ2v) is 5.19. The van der Waals surface area contributed by atoms with Crippen LogP contribution in [0.4, 0.5) is 0 Å². The lowest BCUT2D eigenvalue weighted by molar-refractivity contribution is 0.693. The Labute approximate surface area is 125 Å². The molecule has 3 aromatic rings. The third-order valence-corrected chi connectivity index (χ3v) is 3.49. The van der Waals surface area contributed by atoms with E-state index in [0.29, 0.717) is 0 Å². The highest BCUT2D eigenvalue weighted by Crippen LogP contribution is 2.18. The second kappa shape index (κ2) is 6.37. The zero-order chi connectivity index (χ0) is 14.5. The van der Waals surface area contributed by atoms with Gasteiger partial charge in [0.1, 0.15) is 0 Å². The van der Waals surface area contributed by atoms with Crippen molar-refractivity contribution in [3.05, 3.63) is 78.1 Å². The van der Waals surface area contributed by atoms with E-state index in [4.69, 9.17) is 0 Å². The van der Waals surface area contributed by atoms with Crippen LogP contribution in [0.1, 0.15) is 11.1 Å². The molecule has 3 heteroatoms. The molecule has 3 rings (SSSR count). The highest BCUT2D eigenvalue weighted by Gasteiger charge is 2.00. The molecule has 0 aliphatic rings. The van der Waals surface area contributed by atoms with Crippen molar-refractivity contribution < 1.29 is 0 Å². The van der Waals surface area contributed by atoms with Gasteiger partial charge in [0.15, 0.2) is 0 Å². The zero-order valence-electron chi connectivity index (χ0n) is 12.2. The van der Waals surface area contributed by atoms with Gasteiger partial charge in [-0.05, 0) is 16.7 Å². The van der Waals surface area contributed by atoms with E-state index in [0.717, 1.165) is 18.7 Å². The average molecular weight is 277 g/mol. The molecule has 106 valence electrons. The lowest BCUT2D eigenvalue weighted by Crippen LogP contribution is -2.12. The van der Waals surface area contributed by atoms with Crippen LogP contribution >= 0.6 is 0 Å². The molecule has 21 heavy (non-hydrogen) atoms. The molecule has 0 aliphatic carbocycles. The maximum Gasteiger partial charge on any atom is 0.0568 e. The van der Waals surface area contributed by atoms with Gasteiger partial charge in [0, 0.05) is 31.9 Å². The van der Waals surface area contributed by atoms with E-state index >= 15 is 0 Å². The highest BCUT2D eigenvalue weighted by molar-refractivity contribution is 5.61. The van der Waals surface area contributed by atoms with Crippen molar-refractivity contribution in [2.24, 2.45) is 7.05 Å². The summed E-state index contributed by atoms with van der Waals surface area (Å²) in [4.78, 5) is 0. The minimum Gasteiger partial charge on any atom is -0.309 e. The summed E-state index contributed by atoms with van der Waals surface area (Å²) >= 11 is 0. The second-order valence-electron chi connectivity index (χ2n) is 5.19. The van der Waals surface area contributed by atoms with Crippen molar-refractivity contribution in [1.29, 1.82) is 0 Å². The fraction of sp³-hybridized carbons (Fsp3) is 0.167. The van der Waals surface area contributed by atoms with E-state index in [9.17, 15) is 0 Å². The van der Waals surface area contributed by atoms with Crippen molar-refractivity contribution in [3.8, 4) is 11.1 Å². The Morgan fingerprint density at radius 3 is 2.14 bits per heavy atom. The molecule has 0 aliphatic heterocycles. The summed E-state index contributed by atoms with van der Waals surface area (Å²) in [7, 11) is 1.94. The van der Waals surface area contributed by atoms with E-state index in [1.165, 1.54) is 16.7 Å². The predicted molar refractivity (Wildman–Crippen MR) is 85.6 cm³/mol. The highest BCUT2D eigenvalue weighted by atomic mass is 15.2. The maximum atomic E-state index is 4.20. The number of nitrogens with one attached hydrogen (secondary N) is 1. The normalized spacial score (nSPS) is 10.7. The summed E-state index contributed by atoms with van der Waals surface area (Å²) in [5, 5.41) is 7.67. The first-order chi connectivity index (χ1) is 10.3. The van der Waals surface area contributed by atoms with E-state index in [1.807, 2.05) is 30.2 Å². The van der Waals surface area contributed by atoms with Crippen LogP contribution in [0.2, 0.25) is 0 Å². The van der Waals surface area contributed by atoms with Gasteiger partial charge in [-0.1, -0.05) is 54.6 Å². The summed E-state index contributed by atoms with van der Waals surface area (Å²) in [6.45, 7) is 1.77. The molecule has 1 aromatic heterocycles. The number of rotatable bonds is 5. The van der Waals surface area contributed by atoms with Crippen LogP contribution in [0.15, 0.2) is 67.0 Å². The molecule has 0 amide bonds. The Hall–Kier alpha value is -2.39. The van der Waals surface area contributed by atoms with Gasteiger partial charge in [-0.2, -0.15) is 5.10 Å².